The molecule has 6 heteroatoms. The first-order valence-electron chi connectivity index (χ1n) is 9.44. The molecule has 3 heterocycles. The summed E-state index contributed by atoms with van der Waals surface area (Å²) >= 11 is 3.60. The van der Waals surface area contributed by atoms with E-state index in [0.29, 0.717) is 12.3 Å². The van der Waals surface area contributed by atoms with Gasteiger partial charge in [-0.25, -0.2) is 0 Å². The van der Waals surface area contributed by atoms with Crippen LogP contribution in [-0.4, -0.2) is 51.9 Å². The highest BCUT2D eigenvalue weighted by Crippen LogP contribution is 2.45. The van der Waals surface area contributed by atoms with Crippen LogP contribution in [0.4, 0.5) is 0 Å². The van der Waals surface area contributed by atoms with Crippen molar-refractivity contribution in [2.75, 3.05) is 25.4 Å². The second kappa shape index (κ2) is 7.31. The second-order valence-corrected chi connectivity index (χ2v) is 9.89. The van der Waals surface area contributed by atoms with Crippen molar-refractivity contribution in [3.8, 4) is 0 Å². The van der Waals surface area contributed by atoms with Crippen molar-refractivity contribution in [3.05, 3.63) is 22.4 Å². The fourth-order valence-corrected chi connectivity index (χ4v) is 6.66. The Bertz CT molecular complexity index is 617. The Balaban J connectivity index is 1.37. The lowest BCUT2D eigenvalue weighted by Gasteiger charge is -2.44. The summed E-state index contributed by atoms with van der Waals surface area (Å²) in [5, 5.41) is 2.02. The highest BCUT2D eigenvalue weighted by Gasteiger charge is 2.48. The number of nitrogens with zero attached hydrogens (tertiary/aromatic N) is 2. The van der Waals surface area contributed by atoms with Crippen molar-refractivity contribution in [2.24, 2.45) is 5.92 Å². The maximum atomic E-state index is 13.0. The maximum Gasteiger partial charge on any atom is 0.227 e. The zero-order valence-corrected chi connectivity index (χ0v) is 16.2. The van der Waals surface area contributed by atoms with Crippen molar-refractivity contribution >= 4 is 34.9 Å². The molecule has 4 nitrogen and oxygen atoms in total. The molecule has 4 rings (SSSR count). The zero-order valence-electron chi connectivity index (χ0n) is 14.6. The molecule has 2 saturated heterocycles. The van der Waals surface area contributed by atoms with E-state index >= 15 is 0 Å². The van der Waals surface area contributed by atoms with Crippen LogP contribution in [0, 0.1) is 5.92 Å². The quantitative estimate of drug-likeness (QED) is 0.810. The molecule has 136 valence electrons. The smallest absolute Gasteiger partial charge is 0.227 e. The summed E-state index contributed by atoms with van der Waals surface area (Å²) in [5.74, 6) is 1.92. The molecule has 0 radical (unpaired) electrons. The molecule has 1 spiro atoms. The summed E-state index contributed by atoms with van der Waals surface area (Å²) in [6.07, 6.45) is 6.91. The number of carbonyl (C=O) groups is 2. The van der Waals surface area contributed by atoms with Gasteiger partial charge in [0.2, 0.25) is 11.8 Å². The topological polar surface area (TPSA) is 40.6 Å². The third kappa shape index (κ3) is 3.47. The summed E-state index contributed by atoms with van der Waals surface area (Å²) in [6.45, 7) is 2.46. The molecule has 25 heavy (non-hydrogen) atoms. The molecule has 0 unspecified atom stereocenters. The van der Waals surface area contributed by atoms with Crippen LogP contribution >= 0.6 is 23.1 Å². The first-order valence-corrected chi connectivity index (χ1v) is 11.3. The molecule has 0 bridgehead atoms. The molecule has 3 fully saturated rings. The second-order valence-electron chi connectivity index (χ2n) is 7.40. The van der Waals surface area contributed by atoms with E-state index in [1.54, 1.807) is 11.3 Å². The number of likely N-dealkylation sites (tertiary alicyclic amines) is 1. The number of carbonyl (C=O) groups excluding carboxylic acids is 2. The SMILES string of the molecule is O=C(Cc1cccs1)N1CCC2(CC1)SCCN2C(=O)C1CCCC1. The molecule has 2 amide bonds. The Morgan fingerprint density at radius 3 is 2.60 bits per heavy atom. The third-order valence-electron chi connectivity index (χ3n) is 5.95. The monoisotopic (exact) mass is 378 g/mol. The third-order valence-corrected chi connectivity index (χ3v) is 8.38. The lowest BCUT2D eigenvalue weighted by Crippen LogP contribution is -2.54. The van der Waals surface area contributed by atoms with Crippen LogP contribution in [-0.2, 0) is 16.0 Å². The molecule has 1 aromatic heterocycles. The summed E-state index contributed by atoms with van der Waals surface area (Å²) in [7, 11) is 0. The largest absolute Gasteiger partial charge is 0.342 e. The Kier molecular flexibility index (Phi) is 5.09. The van der Waals surface area contributed by atoms with Crippen LogP contribution in [0.2, 0.25) is 0 Å². The maximum absolute atomic E-state index is 13.0. The van der Waals surface area contributed by atoms with Gasteiger partial charge in [0.25, 0.3) is 0 Å². The van der Waals surface area contributed by atoms with Gasteiger partial charge in [0.05, 0.1) is 11.3 Å². The average Bonchev–Trinajstić information content (AvgIpc) is 3.37. The molecular weight excluding hydrogens is 352 g/mol. The normalized spacial score (nSPS) is 23.5. The zero-order chi connectivity index (χ0) is 17.3. The van der Waals surface area contributed by atoms with Gasteiger partial charge in [-0.2, -0.15) is 0 Å². The first-order chi connectivity index (χ1) is 12.2. The van der Waals surface area contributed by atoms with Crippen LogP contribution in [0.5, 0.6) is 0 Å². The van der Waals surface area contributed by atoms with E-state index < -0.39 is 0 Å². The van der Waals surface area contributed by atoms with Crippen molar-refractivity contribution in [1.29, 1.82) is 0 Å². The van der Waals surface area contributed by atoms with Crippen LogP contribution in [0.15, 0.2) is 17.5 Å². The lowest BCUT2D eigenvalue weighted by atomic mass is 9.98. The molecule has 0 atom stereocenters. The van der Waals surface area contributed by atoms with E-state index in [0.717, 1.165) is 55.9 Å². The van der Waals surface area contributed by atoms with E-state index in [9.17, 15) is 9.59 Å². The summed E-state index contributed by atoms with van der Waals surface area (Å²) in [5.41, 5.74) is 0. The molecule has 1 aliphatic carbocycles. The number of rotatable bonds is 3. The molecule has 0 aromatic carbocycles. The van der Waals surface area contributed by atoms with Crippen molar-refractivity contribution in [1.82, 2.24) is 9.80 Å². The van der Waals surface area contributed by atoms with Gasteiger partial charge in [-0.1, -0.05) is 18.9 Å². The molecule has 0 N–H and O–H groups in total. The van der Waals surface area contributed by atoms with Gasteiger partial charge < -0.3 is 9.80 Å². The lowest BCUT2D eigenvalue weighted by molar-refractivity contribution is -0.140. The van der Waals surface area contributed by atoms with Gasteiger partial charge >= 0.3 is 0 Å². The molecular formula is C19H26N2O2S2. The van der Waals surface area contributed by atoms with Crippen molar-refractivity contribution in [2.45, 2.75) is 49.8 Å². The molecule has 1 saturated carbocycles. The van der Waals surface area contributed by atoms with Gasteiger partial charge in [0, 0.05) is 36.2 Å². The molecule has 1 aromatic rings. The van der Waals surface area contributed by atoms with Crippen LogP contribution in [0.25, 0.3) is 0 Å². The van der Waals surface area contributed by atoms with Crippen LogP contribution in [0.1, 0.15) is 43.4 Å². The summed E-state index contributed by atoms with van der Waals surface area (Å²) < 4.78 is 0. The van der Waals surface area contributed by atoms with Gasteiger partial charge in [-0.05, 0) is 37.1 Å². The van der Waals surface area contributed by atoms with E-state index in [1.807, 2.05) is 34.2 Å². The number of amides is 2. The minimum absolute atomic E-state index is 0.0423. The number of thiophene rings is 1. The summed E-state index contributed by atoms with van der Waals surface area (Å²) in [6, 6.07) is 4.03. The van der Waals surface area contributed by atoms with Crippen molar-refractivity contribution in [3.63, 3.8) is 0 Å². The Labute approximate surface area is 157 Å². The van der Waals surface area contributed by atoms with E-state index in [4.69, 9.17) is 0 Å². The van der Waals surface area contributed by atoms with Crippen LogP contribution < -0.4 is 0 Å². The number of thioether (sulfide) groups is 1. The fourth-order valence-electron chi connectivity index (χ4n) is 4.51. The minimum Gasteiger partial charge on any atom is -0.342 e. The number of hydrogen-bond donors (Lipinski definition) is 0. The predicted molar refractivity (Wildman–Crippen MR) is 103 cm³/mol. The fraction of sp³-hybridized carbons (Fsp3) is 0.684. The first kappa shape index (κ1) is 17.4. The Hall–Kier alpha value is -1.01. The Morgan fingerprint density at radius 1 is 1.16 bits per heavy atom. The van der Waals surface area contributed by atoms with E-state index in [1.165, 1.54) is 12.8 Å². The highest BCUT2D eigenvalue weighted by atomic mass is 32.2. The van der Waals surface area contributed by atoms with Gasteiger partial charge in [-0.3, -0.25) is 9.59 Å². The van der Waals surface area contributed by atoms with Gasteiger partial charge in [-0.15, -0.1) is 23.1 Å². The Morgan fingerprint density at radius 2 is 1.92 bits per heavy atom. The minimum atomic E-state index is -0.0423. The van der Waals surface area contributed by atoms with Gasteiger partial charge in [0.15, 0.2) is 0 Å². The predicted octanol–water partition coefficient (Wildman–Crippen LogP) is 3.37. The van der Waals surface area contributed by atoms with Crippen molar-refractivity contribution < 1.29 is 9.59 Å². The highest BCUT2D eigenvalue weighted by molar-refractivity contribution is 8.00. The number of piperidine rings is 1. The van der Waals surface area contributed by atoms with E-state index in [-0.39, 0.29) is 16.7 Å². The van der Waals surface area contributed by atoms with Gasteiger partial charge in [0.1, 0.15) is 0 Å². The van der Waals surface area contributed by atoms with Crippen LogP contribution in [0.3, 0.4) is 0 Å². The summed E-state index contributed by atoms with van der Waals surface area (Å²) in [4.78, 5) is 30.8. The van der Waals surface area contributed by atoms with E-state index in [2.05, 4.69) is 4.90 Å². The molecule has 2 aliphatic heterocycles. The molecule has 3 aliphatic rings. The standard InChI is InChI=1S/C19H26N2O2S2/c22-17(14-16-6-3-12-24-16)20-9-7-19(8-10-20)21(11-13-25-19)18(23)15-4-1-2-5-15/h3,6,12,15H,1-2,4-5,7-11,13-14H2. The number of hydrogen-bond acceptors (Lipinski definition) is 4. The average molecular weight is 379 g/mol.